The van der Waals surface area contributed by atoms with Crippen LogP contribution in [-0.2, 0) is 24.2 Å². The van der Waals surface area contributed by atoms with Crippen molar-refractivity contribution in [2.24, 2.45) is 5.92 Å². The third-order valence-corrected chi connectivity index (χ3v) is 8.49. The van der Waals surface area contributed by atoms with Crippen LogP contribution in [0.2, 0.25) is 0 Å². The SMILES string of the molecule is CC1CCc2c(sc3c2C2NCNN2c2nnc(SCC(=O)NCc4ccccc4)n2-3)C1. The Hall–Kier alpha value is -2.40. The summed E-state index contributed by atoms with van der Waals surface area (Å²) in [6.07, 6.45) is 3.57. The molecule has 8 nitrogen and oxygen atoms in total. The predicted octanol–water partition coefficient (Wildman–Crippen LogP) is 2.75. The third kappa shape index (κ3) is 3.42. The van der Waals surface area contributed by atoms with Crippen LogP contribution in [0.4, 0.5) is 5.95 Å². The summed E-state index contributed by atoms with van der Waals surface area (Å²) in [5.74, 6) is 1.80. The molecule has 2 unspecified atom stereocenters. The summed E-state index contributed by atoms with van der Waals surface area (Å²) in [6, 6.07) is 9.95. The molecule has 2 aromatic heterocycles. The standard InChI is InChI=1S/C22H25N7OS2/c1-13-7-8-15-16(9-13)32-20-18(15)19-24-12-25-29(19)21-26-27-22(28(20)21)31-11-17(30)23-10-14-5-3-2-4-6-14/h2-6,13,19,24-25H,7-12H2,1H3,(H,23,30). The highest BCUT2D eigenvalue weighted by Gasteiger charge is 2.42. The molecule has 32 heavy (non-hydrogen) atoms. The van der Waals surface area contributed by atoms with Crippen molar-refractivity contribution in [2.75, 3.05) is 17.4 Å². The normalized spacial score (nSPS) is 21.0. The van der Waals surface area contributed by atoms with E-state index in [0.29, 0.717) is 19.0 Å². The molecule has 3 N–H and O–H groups in total. The first-order valence-corrected chi connectivity index (χ1v) is 12.8. The Bertz CT molecular complexity index is 1160. The Morgan fingerprint density at radius 3 is 3.06 bits per heavy atom. The number of aromatic nitrogens is 3. The molecule has 0 bridgehead atoms. The summed E-state index contributed by atoms with van der Waals surface area (Å²) in [4.78, 5) is 14.0. The molecule has 2 aliphatic heterocycles. The Morgan fingerprint density at radius 2 is 2.19 bits per heavy atom. The monoisotopic (exact) mass is 467 g/mol. The van der Waals surface area contributed by atoms with E-state index in [1.54, 1.807) is 0 Å². The molecule has 4 heterocycles. The van der Waals surface area contributed by atoms with Crippen molar-refractivity contribution in [2.45, 2.75) is 44.1 Å². The second-order valence-corrected chi connectivity index (χ2v) is 10.6. The summed E-state index contributed by atoms with van der Waals surface area (Å²) in [6.45, 7) is 3.56. The molecule has 1 aliphatic carbocycles. The Kier molecular flexibility index (Phi) is 5.17. The van der Waals surface area contributed by atoms with E-state index < -0.39 is 0 Å². The highest BCUT2D eigenvalue weighted by molar-refractivity contribution is 7.99. The zero-order valence-corrected chi connectivity index (χ0v) is 19.4. The number of nitrogens with zero attached hydrogens (tertiary/aromatic N) is 4. The van der Waals surface area contributed by atoms with Crippen LogP contribution in [0.3, 0.4) is 0 Å². The van der Waals surface area contributed by atoms with Gasteiger partial charge < -0.3 is 5.32 Å². The number of fused-ring (bicyclic) bond motifs is 8. The number of hydrazine groups is 1. The number of amides is 1. The van der Waals surface area contributed by atoms with Crippen molar-refractivity contribution in [3.63, 3.8) is 0 Å². The number of hydrogen-bond acceptors (Lipinski definition) is 8. The van der Waals surface area contributed by atoms with Gasteiger partial charge in [0, 0.05) is 17.0 Å². The van der Waals surface area contributed by atoms with Crippen LogP contribution in [-0.4, -0.2) is 33.1 Å². The fourth-order valence-electron chi connectivity index (χ4n) is 4.70. The van der Waals surface area contributed by atoms with Gasteiger partial charge in [-0.3, -0.25) is 15.1 Å². The second-order valence-electron chi connectivity index (χ2n) is 8.55. The van der Waals surface area contributed by atoms with Gasteiger partial charge in [-0.05, 0) is 36.3 Å². The van der Waals surface area contributed by atoms with Crippen LogP contribution in [0.5, 0.6) is 0 Å². The molecule has 1 saturated heterocycles. The lowest BCUT2D eigenvalue weighted by Gasteiger charge is -2.31. The average molecular weight is 468 g/mol. The number of rotatable bonds is 5. The predicted molar refractivity (Wildman–Crippen MR) is 126 cm³/mol. The van der Waals surface area contributed by atoms with Crippen molar-refractivity contribution >= 4 is 35.0 Å². The minimum atomic E-state index is -0.00891. The van der Waals surface area contributed by atoms with E-state index in [4.69, 9.17) is 0 Å². The molecule has 3 aromatic rings. The van der Waals surface area contributed by atoms with Gasteiger partial charge in [0.05, 0.1) is 12.4 Å². The summed E-state index contributed by atoms with van der Waals surface area (Å²) in [5.41, 5.74) is 7.33. The Labute approximate surface area is 194 Å². The number of benzene rings is 1. The van der Waals surface area contributed by atoms with Gasteiger partial charge in [-0.2, -0.15) is 0 Å². The van der Waals surface area contributed by atoms with Crippen LogP contribution in [0.25, 0.3) is 5.00 Å². The number of hydrogen-bond donors (Lipinski definition) is 3. The fourth-order valence-corrected chi connectivity index (χ4v) is 7.06. The van der Waals surface area contributed by atoms with Gasteiger partial charge in [0.25, 0.3) is 0 Å². The maximum atomic E-state index is 12.5. The maximum Gasteiger partial charge on any atom is 0.249 e. The molecule has 0 saturated carbocycles. The van der Waals surface area contributed by atoms with Gasteiger partial charge in [0.1, 0.15) is 11.2 Å². The molecule has 10 heteroatoms. The number of carbonyl (C=O) groups excluding carboxylic acids is 1. The average Bonchev–Trinajstić information content (AvgIpc) is 3.52. The minimum Gasteiger partial charge on any atom is -0.351 e. The number of nitrogens with one attached hydrogen (secondary N) is 3. The van der Waals surface area contributed by atoms with E-state index in [1.165, 1.54) is 39.2 Å². The van der Waals surface area contributed by atoms with Gasteiger partial charge >= 0.3 is 0 Å². The van der Waals surface area contributed by atoms with Gasteiger partial charge in [-0.25, -0.2) is 9.99 Å². The zero-order valence-electron chi connectivity index (χ0n) is 17.8. The van der Waals surface area contributed by atoms with E-state index in [1.807, 2.05) is 41.7 Å². The van der Waals surface area contributed by atoms with Crippen LogP contribution in [0.15, 0.2) is 35.5 Å². The smallest absolute Gasteiger partial charge is 0.249 e. The summed E-state index contributed by atoms with van der Waals surface area (Å²) < 4.78 is 2.13. The minimum absolute atomic E-state index is 0.00891. The molecular weight excluding hydrogens is 442 g/mol. The molecule has 3 aliphatic rings. The fraction of sp³-hybridized carbons (Fsp3) is 0.409. The lowest BCUT2D eigenvalue weighted by Crippen LogP contribution is -2.39. The van der Waals surface area contributed by atoms with Crippen molar-refractivity contribution in [1.29, 1.82) is 0 Å². The van der Waals surface area contributed by atoms with Crippen molar-refractivity contribution in [3.8, 4) is 5.00 Å². The Balaban J connectivity index is 1.26. The molecular formula is C22H25N7OS2. The number of carbonyl (C=O) groups is 1. The second kappa shape index (κ2) is 8.18. The van der Waals surface area contributed by atoms with E-state index in [2.05, 4.69) is 42.8 Å². The Morgan fingerprint density at radius 1 is 1.31 bits per heavy atom. The van der Waals surface area contributed by atoms with Crippen molar-refractivity contribution in [1.82, 2.24) is 30.8 Å². The van der Waals surface area contributed by atoms with Gasteiger partial charge in [0.2, 0.25) is 11.9 Å². The molecule has 166 valence electrons. The van der Waals surface area contributed by atoms with E-state index in [9.17, 15) is 4.79 Å². The van der Waals surface area contributed by atoms with Gasteiger partial charge in [-0.1, -0.05) is 49.0 Å². The molecule has 1 fully saturated rings. The van der Waals surface area contributed by atoms with Crippen molar-refractivity contribution < 1.29 is 4.79 Å². The van der Waals surface area contributed by atoms with Crippen LogP contribution in [0, 0.1) is 5.92 Å². The van der Waals surface area contributed by atoms with Crippen LogP contribution < -0.4 is 21.1 Å². The summed E-state index contributed by atoms with van der Waals surface area (Å²) >= 11 is 3.31. The molecule has 0 radical (unpaired) electrons. The molecule has 1 aromatic carbocycles. The summed E-state index contributed by atoms with van der Waals surface area (Å²) in [7, 11) is 0. The molecule has 0 spiro atoms. The quantitative estimate of drug-likeness (QED) is 0.498. The third-order valence-electron chi connectivity index (χ3n) is 6.31. The lowest BCUT2D eigenvalue weighted by atomic mass is 9.87. The van der Waals surface area contributed by atoms with Crippen LogP contribution >= 0.6 is 23.1 Å². The zero-order chi connectivity index (χ0) is 21.7. The molecule has 6 rings (SSSR count). The van der Waals surface area contributed by atoms with E-state index in [0.717, 1.165) is 35.4 Å². The first-order chi connectivity index (χ1) is 15.7. The number of thioether (sulfide) groups is 1. The van der Waals surface area contributed by atoms with Gasteiger partial charge in [0.15, 0.2) is 5.16 Å². The van der Waals surface area contributed by atoms with Crippen molar-refractivity contribution in [3.05, 3.63) is 51.9 Å². The highest BCUT2D eigenvalue weighted by atomic mass is 32.2. The number of anilines is 1. The highest BCUT2D eigenvalue weighted by Crippen LogP contribution is 2.48. The van der Waals surface area contributed by atoms with Crippen LogP contribution in [0.1, 0.15) is 41.1 Å². The number of thiophene rings is 1. The molecule has 1 amide bonds. The lowest BCUT2D eigenvalue weighted by molar-refractivity contribution is -0.118. The maximum absolute atomic E-state index is 12.5. The first kappa shape index (κ1) is 20.2. The topological polar surface area (TPSA) is 87.1 Å². The largest absolute Gasteiger partial charge is 0.351 e. The van der Waals surface area contributed by atoms with Gasteiger partial charge in [-0.15, -0.1) is 21.5 Å². The first-order valence-electron chi connectivity index (χ1n) is 11.0. The van der Waals surface area contributed by atoms with E-state index in [-0.39, 0.29) is 12.1 Å². The van der Waals surface area contributed by atoms with E-state index >= 15 is 0 Å². The summed E-state index contributed by atoms with van der Waals surface area (Å²) in [5, 5.41) is 19.5. The molecule has 2 atom stereocenters.